The third-order valence-electron chi connectivity index (χ3n) is 1.50. The molecule has 0 spiro atoms. The predicted molar refractivity (Wildman–Crippen MR) is 54.9 cm³/mol. The Balaban J connectivity index is 2.45. The first kappa shape index (κ1) is 12.1. The van der Waals surface area contributed by atoms with Crippen LogP contribution in [-0.4, -0.2) is 34.1 Å². The van der Waals surface area contributed by atoms with Gasteiger partial charge in [-0.15, -0.1) is 0 Å². The first-order valence-corrected chi connectivity index (χ1v) is 4.61. The van der Waals surface area contributed by atoms with E-state index in [1.165, 1.54) is 0 Å². The summed E-state index contributed by atoms with van der Waals surface area (Å²) >= 11 is 0. The van der Waals surface area contributed by atoms with E-state index in [9.17, 15) is 4.79 Å². The molecule has 0 unspecified atom stereocenters. The molecule has 8 heteroatoms. The molecular formula is C8H13N5O3. The van der Waals surface area contributed by atoms with Gasteiger partial charge in [0.15, 0.2) is 12.4 Å². The molecule has 16 heavy (non-hydrogen) atoms. The predicted octanol–water partition coefficient (Wildman–Crippen LogP) is -0.884. The molecule has 0 atom stereocenters. The summed E-state index contributed by atoms with van der Waals surface area (Å²) in [5.41, 5.74) is 10.7. The fourth-order valence-electron chi connectivity index (χ4n) is 0.893. The largest absolute Gasteiger partial charge is 0.456 e. The van der Waals surface area contributed by atoms with E-state index in [1.54, 1.807) is 6.92 Å². The van der Waals surface area contributed by atoms with Crippen molar-refractivity contribution in [1.29, 1.82) is 0 Å². The zero-order chi connectivity index (χ0) is 12.0. The molecule has 0 saturated heterocycles. The number of anilines is 2. The third kappa shape index (κ3) is 4.05. The van der Waals surface area contributed by atoms with Crippen LogP contribution in [0.15, 0.2) is 0 Å². The van der Waals surface area contributed by atoms with Crippen molar-refractivity contribution < 1.29 is 14.3 Å². The van der Waals surface area contributed by atoms with E-state index in [1.807, 2.05) is 0 Å². The minimum absolute atomic E-state index is 0.0108. The second-order valence-corrected chi connectivity index (χ2v) is 2.77. The van der Waals surface area contributed by atoms with Crippen molar-refractivity contribution in [2.45, 2.75) is 13.5 Å². The first-order chi connectivity index (χ1) is 7.61. The third-order valence-corrected chi connectivity index (χ3v) is 1.50. The molecule has 0 aliphatic heterocycles. The van der Waals surface area contributed by atoms with Gasteiger partial charge in [-0.1, -0.05) is 0 Å². The molecule has 1 heterocycles. The van der Waals surface area contributed by atoms with Gasteiger partial charge in [0.2, 0.25) is 11.9 Å². The zero-order valence-electron chi connectivity index (χ0n) is 8.84. The Labute approximate surface area is 92.0 Å². The number of aromatic nitrogens is 3. The van der Waals surface area contributed by atoms with Gasteiger partial charge in [0, 0.05) is 6.61 Å². The summed E-state index contributed by atoms with van der Waals surface area (Å²) in [5, 5.41) is 0. The fourth-order valence-corrected chi connectivity index (χ4v) is 0.893. The highest BCUT2D eigenvalue weighted by Gasteiger charge is 2.06. The van der Waals surface area contributed by atoms with E-state index >= 15 is 0 Å². The van der Waals surface area contributed by atoms with Crippen molar-refractivity contribution in [3.63, 3.8) is 0 Å². The number of ether oxygens (including phenoxy) is 2. The van der Waals surface area contributed by atoms with E-state index in [0.29, 0.717) is 6.61 Å². The lowest BCUT2D eigenvalue weighted by atomic mass is 10.6. The van der Waals surface area contributed by atoms with Gasteiger partial charge in [-0.3, -0.25) is 0 Å². The molecule has 0 fully saturated rings. The van der Waals surface area contributed by atoms with Crippen molar-refractivity contribution in [2.75, 3.05) is 24.7 Å². The van der Waals surface area contributed by atoms with Crippen molar-refractivity contribution in [2.24, 2.45) is 0 Å². The quantitative estimate of drug-likeness (QED) is 0.620. The maximum Gasteiger partial charge on any atom is 0.332 e. The number of nitrogens with zero attached hydrogens (tertiary/aromatic N) is 3. The van der Waals surface area contributed by atoms with Gasteiger partial charge in [0.05, 0.1) is 0 Å². The van der Waals surface area contributed by atoms with Crippen LogP contribution < -0.4 is 11.5 Å². The molecule has 8 nitrogen and oxygen atoms in total. The molecule has 88 valence electrons. The Bertz CT molecular complexity index is 350. The smallest absolute Gasteiger partial charge is 0.332 e. The molecule has 1 aromatic rings. The SMILES string of the molecule is CCOCC(=O)OCc1nc(N)nc(N)n1. The molecule has 0 aliphatic carbocycles. The van der Waals surface area contributed by atoms with Crippen LogP contribution >= 0.6 is 0 Å². The summed E-state index contributed by atoms with van der Waals surface area (Å²) in [6, 6.07) is 0. The highest BCUT2D eigenvalue weighted by atomic mass is 16.6. The lowest BCUT2D eigenvalue weighted by molar-refractivity contribution is -0.150. The van der Waals surface area contributed by atoms with Crippen LogP contribution in [-0.2, 0) is 20.9 Å². The van der Waals surface area contributed by atoms with Crippen molar-refractivity contribution in [1.82, 2.24) is 15.0 Å². The molecule has 0 radical (unpaired) electrons. The number of esters is 1. The van der Waals surface area contributed by atoms with Crippen molar-refractivity contribution in [3.8, 4) is 0 Å². The van der Waals surface area contributed by atoms with Crippen LogP contribution in [0.4, 0.5) is 11.9 Å². The fraction of sp³-hybridized carbons (Fsp3) is 0.500. The zero-order valence-corrected chi connectivity index (χ0v) is 8.84. The Kier molecular flexibility index (Phi) is 4.40. The topological polar surface area (TPSA) is 126 Å². The Morgan fingerprint density at radius 3 is 2.44 bits per heavy atom. The summed E-state index contributed by atoms with van der Waals surface area (Å²) in [5.74, 6) is -0.319. The lowest BCUT2D eigenvalue weighted by Crippen LogP contribution is -2.14. The number of hydrogen-bond donors (Lipinski definition) is 2. The first-order valence-electron chi connectivity index (χ1n) is 4.61. The van der Waals surface area contributed by atoms with Crippen molar-refractivity contribution >= 4 is 17.9 Å². The average Bonchev–Trinajstić information content (AvgIpc) is 2.22. The minimum atomic E-state index is -0.501. The standard InChI is InChI=1S/C8H13N5O3/c1-2-15-4-6(14)16-3-5-11-7(9)13-8(10)12-5/h2-4H2,1H3,(H4,9,10,11,12,13). The second kappa shape index (κ2) is 5.81. The average molecular weight is 227 g/mol. The maximum absolute atomic E-state index is 11.1. The number of nitrogens with two attached hydrogens (primary N) is 2. The van der Waals surface area contributed by atoms with Crippen LogP contribution in [0.25, 0.3) is 0 Å². The number of carbonyl (C=O) groups excluding carboxylic acids is 1. The molecule has 1 aromatic heterocycles. The highest BCUT2D eigenvalue weighted by Crippen LogP contribution is 2.00. The van der Waals surface area contributed by atoms with Gasteiger partial charge in [-0.2, -0.15) is 15.0 Å². The number of rotatable bonds is 5. The summed E-state index contributed by atoms with van der Waals surface area (Å²) in [7, 11) is 0. The highest BCUT2D eigenvalue weighted by molar-refractivity contribution is 5.70. The Morgan fingerprint density at radius 2 is 1.88 bits per heavy atom. The lowest BCUT2D eigenvalue weighted by Gasteiger charge is -2.04. The number of nitrogen functional groups attached to an aromatic ring is 2. The molecule has 0 aromatic carbocycles. The van der Waals surface area contributed by atoms with Crippen LogP contribution in [0.2, 0.25) is 0 Å². The Hall–Kier alpha value is -1.96. The summed E-state index contributed by atoms with van der Waals surface area (Å²) in [6.45, 7) is 2.01. The number of hydrogen-bond acceptors (Lipinski definition) is 8. The minimum Gasteiger partial charge on any atom is -0.456 e. The molecular weight excluding hydrogens is 214 g/mol. The van der Waals surface area contributed by atoms with Crippen molar-refractivity contribution in [3.05, 3.63) is 5.82 Å². The molecule has 1 rings (SSSR count). The van der Waals surface area contributed by atoms with Crippen LogP contribution in [0.1, 0.15) is 12.7 Å². The van der Waals surface area contributed by atoms with Gasteiger partial charge in [0.25, 0.3) is 0 Å². The van der Waals surface area contributed by atoms with E-state index < -0.39 is 5.97 Å². The van der Waals surface area contributed by atoms with E-state index in [4.69, 9.17) is 20.9 Å². The summed E-state index contributed by atoms with van der Waals surface area (Å²) in [4.78, 5) is 22.1. The maximum atomic E-state index is 11.1. The molecule has 0 saturated carbocycles. The Morgan fingerprint density at radius 1 is 1.25 bits per heavy atom. The molecule has 0 bridgehead atoms. The van der Waals surface area contributed by atoms with Gasteiger partial charge >= 0.3 is 5.97 Å². The summed E-state index contributed by atoms with van der Waals surface area (Å²) in [6.07, 6.45) is 0. The van der Waals surface area contributed by atoms with Crippen LogP contribution in [0.5, 0.6) is 0 Å². The van der Waals surface area contributed by atoms with Gasteiger partial charge in [0.1, 0.15) is 6.61 Å². The van der Waals surface area contributed by atoms with Crippen LogP contribution in [0.3, 0.4) is 0 Å². The van der Waals surface area contributed by atoms with Gasteiger partial charge in [-0.05, 0) is 6.92 Å². The normalized spacial score (nSPS) is 10.1. The monoisotopic (exact) mass is 227 g/mol. The molecule has 0 amide bonds. The van der Waals surface area contributed by atoms with E-state index in [2.05, 4.69) is 15.0 Å². The van der Waals surface area contributed by atoms with Gasteiger partial charge < -0.3 is 20.9 Å². The van der Waals surface area contributed by atoms with Crippen LogP contribution in [0, 0.1) is 0 Å². The van der Waals surface area contributed by atoms with E-state index in [0.717, 1.165) is 0 Å². The second-order valence-electron chi connectivity index (χ2n) is 2.77. The number of carbonyl (C=O) groups is 1. The summed E-state index contributed by atoms with van der Waals surface area (Å²) < 4.78 is 9.67. The van der Waals surface area contributed by atoms with E-state index in [-0.39, 0.29) is 30.9 Å². The van der Waals surface area contributed by atoms with Gasteiger partial charge in [-0.25, -0.2) is 4.79 Å². The molecule has 0 aliphatic rings. The molecule has 4 N–H and O–H groups in total.